The molecule has 3 aromatic rings. The molecule has 0 radical (unpaired) electrons. The van der Waals surface area contributed by atoms with Gasteiger partial charge in [0, 0.05) is 48.6 Å². The number of ether oxygens (including phenoxy) is 1. The summed E-state index contributed by atoms with van der Waals surface area (Å²) in [4.78, 5) is 32.3. The molecule has 160 valence electrons. The van der Waals surface area contributed by atoms with Crippen LogP contribution in [0.5, 0.6) is 0 Å². The summed E-state index contributed by atoms with van der Waals surface area (Å²) in [5.41, 5.74) is 1.24. The van der Waals surface area contributed by atoms with Gasteiger partial charge in [-0.2, -0.15) is 0 Å². The summed E-state index contributed by atoms with van der Waals surface area (Å²) in [5, 5.41) is 10.7. The van der Waals surface area contributed by atoms with Gasteiger partial charge in [0.15, 0.2) is 5.82 Å². The number of ketones is 1. The number of carboxylic acid groups (broad SMARTS) is 1. The van der Waals surface area contributed by atoms with Crippen molar-refractivity contribution < 1.29 is 19.4 Å². The lowest BCUT2D eigenvalue weighted by Gasteiger charge is -2.16. The standard InChI is InChI=1S/C21H26ClN3O4Si/c1-13(21(27)28)17-15-6-5-14(22)11-16(15)24-18(17)19(26)20-23-7-8-25(20)12-29-9-10-30(2,3)4/h5-8,11,13,24H,9-10,12H2,1-4H3,(H,27,28). The van der Waals surface area contributed by atoms with E-state index in [1.54, 1.807) is 35.9 Å². The molecule has 9 heteroatoms. The number of aromatic nitrogens is 3. The summed E-state index contributed by atoms with van der Waals surface area (Å²) in [7, 11) is -1.21. The fourth-order valence-corrected chi connectivity index (χ4v) is 4.15. The number of hydrogen-bond donors (Lipinski definition) is 2. The van der Waals surface area contributed by atoms with Crippen LogP contribution in [0.2, 0.25) is 30.7 Å². The van der Waals surface area contributed by atoms with E-state index in [1.807, 2.05) is 0 Å². The normalized spacial score (nSPS) is 13.0. The number of aromatic amines is 1. The zero-order valence-corrected chi connectivity index (χ0v) is 19.3. The maximum absolute atomic E-state index is 13.3. The van der Waals surface area contributed by atoms with Crippen LogP contribution in [0.25, 0.3) is 10.9 Å². The van der Waals surface area contributed by atoms with Crippen LogP contribution in [0, 0.1) is 0 Å². The highest BCUT2D eigenvalue weighted by Crippen LogP contribution is 2.32. The predicted molar refractivity (Wildman–Crippen MR) is 119 cm³/mol. The minimum absolute atomic E-state index is 0.194. The van der Waals surface area contributed by atoms with Gasteiger partial charge in [-0.3, -0.25) is 9.59 Å². The van der Waals surface area contributed by atoms with Gasteiger partial charge in [0.2, 0.25) is 5.78 Å². The van der Waals surface area contributed by atoms with Gasteiger partial charge in [-0.05, 0) is 25.1 Å². The fraction of sp³-hybridized carbons (Fsp3) is 0.381. The van der Waals surface area contributed by atoms with E-state index in [-0.39, 0.29) is 24.0 Å². The third-order valence-corrected chi connectivity index (χ3v) is 6.92. The van der Waals surface area contributed by atoms with E-state index in [2.05, 4.69) is 29.6 Å². The highest BCUT2D eigenvalue weighted by Gasteiger charge is 2.28. The van der Waals surface area contributed by atoms with Crippen molar-refractivity contribution in [3.63, 3.8) is 0 Å². The maximum atomic E-state index is 13.3. The highest BCUT2D eigenvalue weighted by atomic mass is 35.5. The molecule has 2 N–H and O–H groups in total. The second kappa shape index (κ2) is 8.75. The molecule has 2 aromatic heterocycles. The van der Waals surface area contributed by atoms with Crippen LogP contribution >= 0.6 is 11.6 Å². The smallest absolute Gasteiger partial charge is 0.310 e. The van der Waals surface area contributed by atoms with E-state index < -0.39 is 20.0 Å². The molecule has 0 amide bonds. The van der Waals surface area contributed by atoms with E-state index in [4.69, 9.17) is 16.3 Å². The zero-order valence-electron chi connectivity index (χ0n) is 17.5. The molecule has 1 aromatic carbocycles. The maximum Gasteiger partial charge on any atom is 0.310 e. The van der Waals surface area contributed by atoms with Gasteiger partial charge in [-0.1, -0.05) is 37.3 Å². The number of carboxylic acids is 1. The summed E-state index contributed by atoms with van der Waals surface area (Å²) in [5.74, 6) is -2.09. The number of aliphatic carboxylic acids is 1. The van der Waals surface area contributed by atoms with Crippen molar-refractivity contribution in [3.05, 3.63) is 52.7 Å². The largest absolute Gasteiger partial charge is 0.481 e. The minimum atomic E-state index is -1.21. The molecule has 0 bridgehead atoms. The second-order valence-electron chi connectivity index (χ2n) is 8.56. The summed E-state index contributed by atoms with van der Waals surface area (Å²) >= 11 is 6.08. The molecule has 30 heavy (non-hydrogen) atoms. The second-order valence-corrected chi connectivity index (χ2v) is 14.6. The first kappa shape index (κ1) is 22.3. The Morgan fingerprint density at radius 2 is 2.07 bits per heavy atom. The quantitative estimate of drug-likeness (QED) is 0.280. The number of rotatable bonds is 9. The molecule has 1 atom stereocenters. The third kappa shape index (κ3) is 4.83. The van der Waals surface area contributed by atoms with Gasteiger partial charge in [0.25, 0.3) is 0 Å². The molecule has 3 rings (SSSR count). The molecular formula is C21H26ClN3O4Si. The Labute approximate surface area is 181 Å². The Bertz CT molecular complexity index is 1080. The zero-order chi connectivity index (χ0) is 22.1. The van der Waals surface area contributed by atoms with Crippen molar-refractivity contribution in [1.82, 2.24) is 14.5 Å². The molecule has 0 aliphatic rings. The lowest BCUT2D eigenvalue weighted by molar-refractivity contribution is -0.138. The average molecular weight is 448 g/mol. The van der Waals surface area contributed by atoms with E-state index >= 15 is 0 Å². The van der Waals surface area contributed by atoms with Crippen LogP contribution in [0.15, 0.2) is 30.6 Å². The number of benzene rings is 1. The summed E-state index contributed by atoms with van der Waals surface area (Å²) in [6.45, 7) is 9.21. The number of H-pyrrole nitrogens is 1. The van der Waals surface area contributed by atoms with Gasteiger partial charge in [-0.25, -0.2) is 4.98 Å². The van der Waals surface area contributed by atoms with Crippen molar-refractivity contribution in [2.75, 3.05) is 6.61 Å². The molecule has 0 aliphatic heterocycles. The van der Waals surface area contributed by atoms with Gasteiger partial charge in [0.1, 0.15) is 6.73 Å². The lowest BCUT2D eigenvalue weighted by atomic mass is 9.96. The van der Waals surface area contributed by atoms with Gasteiger partial charge in [-0.15, -0.1) is 0 Å². The Kier molecular flexibility index (Phi) is 6.49. The number of carbonyl (C=O) groups excluding carboxylic acids is 1. The Balaban J connectivity index is 1.93. The van der Waals surface area contributed by atoms with Crippen LogP contribution in [0.1, 0.15) is 34.7 Å². The minimum Gasteiger partial charge on any atom is -0.481 e. The highest BCUT2D eigenvalue weighted by molar-refractivity contribution is 6.76. The van der Waals surface area contributed by atoms with E-state index in [0.29, 0.717) is 28.1 Å². The third-order valence-electron chi connectivity index (χ3n) is 4.98. The van der Waals surface area contributed by atoms with E-state index in [9.17, 15) is 14.7 Å². The molecule has 0 spiro atoms. The van der Waals surface area contributed by atoms with Crippen LogP contribution in [0.4, 0.5) is 0 Å². The molecule has 0 fully saturated rings. The van der Waals surface area contributed by atoms with Crippen molar-refractivity contribution in [1.29, 1.82) is 0 Å². The molecule has 0 aliphatic carbocycles. The summed E-state index contributed by atoms with van der Waals surface area (Å²) in [6.07, 6.45) is 3.22. The Morgan fingerprint density at radius 3 is 2.73 bits per heavy atom. The number of hydrogen-bond acceptors (Lipinski definition) is 4. The van der Waals surface area contributed by atoms with E-state index in [1.165, 1.54) is 6.20 Å². The van der Waals surface area contributed by atoms with Crippen molar-refractivity contribution in [2.45, 2.75) is 45.3 Å². The monoisotopic (exact) mass is 447 g/mol. The topological polar surface area (TPSA) is 97.2 Å². The molecule has 7 nitrogen and oxygen atoms in total. The number of halogens is 1. The van der Waals surface area contributed by atoms with Crippen LogP contribution in [-0.4, -0.2) is 46.1 Å². The number of nitrogens with zero attached hydrogens (tertiary/aromatic N) is 2. The predicted octanol–water partition coefficient (Wildman–Crippen LogP) is 4.75. The van der Waals surface area contributed by atoms with E-state index in [0.717, 1.165) is 6.04 Å². The van der Waals surface area contributed by atoms with Crippen molar-refractivity contribution in [3.8, 4) is 0 Å². The summed E-state index contributed by atoms with van der Waals surface area (Å²) in [6, 6.07) is 6.11. The molecule has 0 saturated heterocycles. The van der Waals surface area contributed by atoms with Crippen LogP contribution in [-0.2, 0) is 16.3 Å². The fourth-order valence-electron chi connectivity index (χ4n) is 3.22. The first-order valence-electron chi connectivity index (χ1n) is 9.76. The Morgan fingerprint density at radius 1 is 1.33 bits per heavy atom. The first-order valence-corrected chi connectivity index (χ1v) is 13.8. The van der Waals surface area contributed by atoms with Crippen molar-refractivity contribution in [2.24, 2.45) is 0 Å². The van der Waals surface area contributed by atoms with Crippen LogP contribution in [0.3, 0.4) is 0 Å². The number of carbonyl (C=O) groups is 2. The number of nitrogens with one attached hydrogen (secondary N) is 1. The number of imidazole rings is 1. The lowest BCUT2D eigenvalue weighted by Crippen LogP contribution is -2.22. The van der Waals surface area contributed by atoms with Gasteiger partial charge < -0.3 is 19.4 Å². The van der Waals surface area contributed by atoms with Crippen LogP contribution < -0.4 is 0 Å². The van der Waals surface area contributed by atoms with Crippen molar-refractivity contribution >= 4 is 42.3 Å². The molecule has 0 saturated carbocycles. The molecular weight excluding hydrogens is 422 g/mol. The summed E-state index contributed by atoms with van der Waals surface area (Å²) < 4.78 is 7.39. The average Bonchev–Trinajstić information content (AvgIpc) is 3.27. The van der Waals surface area contributed by atoms with Gasteiger partial charge in [0.05, 0.1) is 11.6 Å². The number of fused-ring (bicyclic) bond motifs is 1. The Hall–Kier alpha value is -2.42. The molecule has 1 unspecified atom stereocenters. The first-order chi connectivity index (χ1) is 14.1. The SMILES string of the molecule is CC(C(=O)O)c1c(C(=O)c2nccn2COCC[Si](C)(C)C)[nH]c2cc(Cl)ccc12. The molecule has 2 heterocycles. The van der Waals surface area contributed by atoms with Gasteiger partial charge >= 0.3 is 5.97 Å².